The van der Waals surface area contributed by atoms with Crippen LogP contribution >= 0.6 is 0 Å². The highest BCUT2D eigenvalue weighted by atomic mass is 19.1. The minimum atomic E-state index is -0.842. The Morgan fingerprint density at radius 1 is 1.05 bits per heavy atom. The number of carboxylic acids is 1. The van der Waals surface area contributed by atoms with E-state index in [0.29, 0.717) is 6.42 Å². The molecule has 0 amide bonds. The lowest BCUT2D eigenvalue weighted by atomic mass is 9.89. The fourth-order valence-electron chi connectivity index (χ4n) is 2.15. The van der Waals surface area contributed by atoms with Gasteiger partial charge in [-0.3, -0.25) is 4.79 Å². The second-order valence-electron chi connectivity index (χ2n) is 4.54. The van der Waals surface area contributed by atoms with Gasteiger partial charge in [-0.15, -0.1) is 0 Å². The molecule has 1 unspecified atom stereocenters. The van der Waals surface area contributed by atoms with Gasteiger partial charge in [-0.1, -0.05) is 42.5 Å². The maximum absolute atomic E-state index is 12.9. The summed E-state index contributed by atoms with van der Waals surface area (Å²) in [4.78, 5) is 11.0. The van der Waals surface area contributed by atoms with Crippen LogP contribution in [0.1, 0.15) is 23.5 Å². The Morgan fingerprint density at radius 2 is 1.68 bits per heavy atom. The number of halogens is 1. The summed E-state index contributed by atoms with van der Waals surface area (Å²) in [5.41, 5.74) is 1.94. The predicted molar refractivity (Wildman–Crippen MR) is 71.5 cm³/mol. The number of aliphatic carboxylic acids is 1. The van der Waals surface area contributed by atoms with Crippen molar-refractivity contribution in [2.24, 2.45) is 0 Å². The molecule has 0 saturated heterocycles. The Morgan fingerprint density at radius 3 is 2.26 bits per heavy atom. The highest BCUT2D eigenvalue weighted by Crippen LogP contribution is 2.24. The predicted octanol–water partition coefficient (Wildman–Crippen LogP) is 3.63. The van der Waals surface area contributed by atoms with E-state index in [1.54, 1.807) is 12.1 Å². The first kappa shape index (κ1) is 13.3. The van der Waals surface area contributed by atoms with E-state index in [0.717, 1.165) is 11.1 Å². The van der Waals surface area contributed by atoms with Crippen LogP contribution in [0.2, 0.25) is 0 Å². The van der Waals surface area contributed by atoms with Crippen molar-refractivity contribution in [3.63, 3.8) is 0 Å². The SMILES string of the molecule is O=C(O)CC(Cc1ccccc1)c1ccc(F)cc1. The Hall–Kier alpha value is -2.16. The number of benzene rings is 2. The molecular weight excluding hydrogens is 243 g/mol. The molecule has 98 valence electrons. The standard InChI is InChI=1S/C16H15FO2/c17-15-8-6-13(7-9-15)14(11-16(18)19)10-12-4-2-1-3-5-12/h1-9,14H,10-11H2,(H,18,19). The number of carboxylic acid groups (broad SMARTS) is 1. The number of hydrogen-bond donors (Lipinski definition) is 1. The summed E-state index contributed by atoms with van der Waals surface area (Å²) in [7, 11) is 0. The van der Waals surface area contributed by atoms with Gasteiger partial charge in [0.2, 0.25) is 0 Å². The van der Waals surface area contributed by atoms with Gasteiger partial charge in [0.1, 0.15) is 5.82 Å². The Labute approximate surface area is 111 Å². The van der Waals surface area contributed by atoms with Crippen LogP contribution in [0.25, 0.3) is 0 Å². The summed E-state index contributed by atoms with van der Waals surface area (Å²) in [5, 5.41) is 9.00. The van der Waals surface area contributed by atoms with Crippen molar-refractivity contribution in [1.82, 2.24) is 0 Å². The summed E-state index contributed by atoms with van der Waals surface area (Å²) in [6.07, 6.45) is 0.680. The van der Waals surface area contributed by atoms with Crippen LogP contribution in [-0.4, -0.2) is 11.1 Å². The normalized spacial score (nSPS) is 12.1. The average molecular weight is 258 g/mol. The number of carbonyl (C=O) groups is 1. The molecule has 0 spiro atoms. The van der Waals surface area contributed by atoms with Crippen molar-refractivity contribution in [3.8, 4) is 0 Å². The fourth-order valence-corrected chi connectivity index (χ4v) is 2.15. The minimum absolute atomic E-state index is 0.0422. The molecule has 3 heteroatoms. The minimum Gasteiger partial charge on any atom is -0.481 e. The average Bonchev–Trinajstić information content (AvgIpc) is 2.39. The third-order valence-corrected chi connectivity index (χ3v) is 3.09. The second-order valence-corrected chi connectivity index (χ2v) is 4.54. The zero-order valence-corrected chi connectivity index (χ0v) is 10.4. The van der Waals surface area contributed by atoms with Crippen LogP contribution < -0.4 is 0 Å². The molecule has 2 aromatic carbocycles. The van der Waals surface area contributed by atoms with Crippen LogP contribution in [0.3, 0.4) is 0 Å². The van der Waals surface area contributed by atoms with E-state index in [-0.39, 0.29) is 18.2 Å². The van der Waals surface area contributed by atoms with E-state index in [4.69, 9.17) is 5.11 Å². The molecule has 2 rings (SSSR count). The van der Waals surface area contributed by atoms with Crippen LogP contribution in [-0.2, 0) is 11.2 Å². The molecule has 2 nitrogen and oxygen atoms in total. The Kier molecular flexibility index (Phi) is 4.29. The zero-order valence-electron chi connectivity index (χ0n) is 10.4. The third-order valence-electron chi connectivity index (χ3n) is 3.09. The summed E-state index contributed by atoms with van der Waals surface area (Å²) in [6.45, 7) is 0. The fraction of sp³-hybridized carbons (Fsp3) is 0.188. The molecule has 2 aromatic rings. The van der Waals surface area contributed by atoms with Gasteiger partial charge >= 0.3 is 5.97 Å². The molecule has 0 aliphatic carbocycles. The van der Waals surface area contributed by atoms with E-state index in [1.807, 2.05) is 30.3 Å². The lowest BCUT2D eigenvalue weighted by Gasteiger charge is -2.15. The van der Waals surface area contributed by atoms with E-state index < -0.39 is 5.97 Å². The largest absolute Gasteiger partial charge is 0.481 e. The van der Waals surface area contributed by atoms with E-state index in [2.05, 4.69) is 0 Å². The van der Waals surface area contributed by atoms with Gasteiger partial charge in [0.05, 0.1) is 6.42 Å². The van der Waals surface area contributed by atoms with Gasteiger partial charge < -0.3 is 5.11 Å². The molecule has 0 bridgehead atoms. The Bertz CT molecular complexity index is 534. The summed E-state index contributed by atoms with van der Waals surface area (Å²) >= 11 is 0. The third kappa shape index (κ3) is 3.91. The van der Waals surface area contributed by atoms with E-state index in [9.17, 15) is 9.18 Å². The van der Waals surface area contributed by atoms with Gasteiger partial charge in [0.25, 0.3) is 0 Å². The van der Waals surface area contributed by atoms with Crippen LogP contribution in [0.4, 0.5) is 4.39 Å². The monoisotopic (exact) mass is 258 g/mol. The summed E-state index contributed by atoms with van der Waals surface area (Å²) < 4.78 is 12.9. The van der Waals surface area contributed by atoms with Crippen molar-refractivity contribution < 1.29 is 14.3 Å². The molecule has 0 heterocycles. The molecule has 0 aliphatic rings. The van der Waals surface area contributed by atoms with E-state index in [1.165, 1.54) is 12.1 Å². The molecule has 0 aliphatic heterocycles. The van der Waals surface area contributed by atoms with Crippen LogP contribution in [0.5, 0.6) is 0 Å². The van der Waals surface area contributed by atoms with Crippen molar-refractivity contribution in [1.29, 1.82) is 0 Å². The molecule has 0 saturated carbocycles. The van der Waals surface area contributed by atoms with Crippen LogP contribution in [0, 0.1) is 5.82 Å². The first-order valence-electron chi connectivity index (χ1n) is 6.16. The summed E-state index contributed by atoms with van der Waals surface area (Å²) in [6, 6.07) is 15.8. The molecule has 1 atom stereocenters. The maximum Gasteiger partial charge on any atom is 0.303 e. The molecular formula is C16H15FO2. The zero-order chi connectivity index (χ0) is 13.7. The molecule has 0 radical (unpaired) electrons. The number of rotatable bonds is 5. The highest BCUT2D eigenvalue weighted by molar-refractivity contribution is 5.68. The quantitative estimate of drug-likeness (QED) is 0.889. The lowest BCUT2D eigenvalue weighted by Crippen LogP contribution is -2.09. The molecule has 19 heavy (non-hydrogen) atoms. The maximum atomic E-state index is 12.9. The second kappa shape index (κ2) is 6.14. The van der Waals surface area contributed by atoms with Crippen molar-refractivity contribution in [2.75, 3.05) is 0 Å². The number of hydrogen-bond acceptors (Lipinski definition) is 1. The van der Waals surface area contributed by atoms with Crippen molar-refractivity contribution in [3.05, 3.63) is 71.5 Å². The van der Waals surface area contributed by atoms with Crippen molar-refractivity contribution >= 4 is 5.97 Å². The molecule has 0 fully saturated rings. The highest BCUT2D eigenvalue weighted by Gasteiger charge is 2.16. The van der Waals surface area contributed by atoms with Gasteiger partial charge in [0.15, 0.2) is 0 Å². The van der Waals surface area contributed by atoms with E-state index >= 15 is 0 Å². The molecule has 1 N–H and O–H groups in total. The first-order valence-corrected chi connectivity index (χ1v) is 6.16. The molecule has 0 aromatic heterocycles. The van der Waals surface area contributed by atoms with Gasteiger partial charge in [-0.25, -0.2) is 4.39 Å². The van der Waals surface area contributed by atoms with Gasteiger partial charge in [-0.2, -0.15) is 0 Å². The topological polar surface area (TPSA) is 37.3 Å². The summed E-state index contributed by atoms with van der Waals surface area (Å²) in [5.74, 6) is -1.29. The lowest BCUT2D eigenvalue weighted by molar-refractivity contribution is -0.137. The van der Waals surface area contributed by atoms with Gasteiger partial charge in [-0.05, 0) is 35.6 Å². The first-order chi connectivity index (χ1) is 9.15. The Balaban J connectivity index is 2.20. The smallest absolute Gasteiger partial charge is 0.303 e. The van der Waals surface area contributed by atoms with Crippen molar-refractivity contribution in [2.45, 2.75) is 18.8 Å². The van der Waals surface area contributed by atoms with Crippen LogP contribution in [0.15, 0.2) is 54.6 Å². The van der Waals surface area contributed by atoms with Gasteiger partial charge in [0, 0.05) is 0 Å².